The SMILES string of the molecule is CCC1CCC(C2=Cc3cc(F)c(C#N)c(F)c3CC2)CC1. The van der Waals surface area contributed by atoms with Gasteiger partial charge in [0.25, 0.3) is 0 Å². The fourth-order valence-electron chi connectivity index (χ4n) is 3.97. The van der Waals surface area contributed by atoms with Crippen LogP contribution in [-0.4, -0.2) is 0 Å². The lowest BCUT2D eigenvalue weighted by Gasteiger charge is -2.31. The van der Waals surface area contributed by atoms with Crippen LogP contribution in [0.1, 0.15) is 62.1 Å². The molecular formula is C19H21F2N. The Morgan fingerprint density at radius 3 is 2.55 bits per heavy atom. The van der Waals surface area contributed by atoms with E-state index in [0.29, 0.717) is 23.5 Å². The predicted molar refractivity (Wildman–Crippen MR) is 83.1 cm³/mol. The maximum Gasteiger partial charge on any atom is 0.147 e. The topological polar surface area (TPSA) is 23.8 Å². The van der Waals surface area contributed by atoms with Gasteiger partial charge in [0.05, 0.1) is 0 Å². The molecule has 1 nitrogen and oxygen atoms in total. The summed E-state index contributed by atoms with van der Waals surface area (Å²) in [5, 5.41) is 8.86. The quantitative estimate of drug-likeness (QED) is 0.719. The number of rotatable bonds is 2. The van der Waals surface area contributed by atoms with Crippen molar-refractivity contribution in [2.75, 3.05) is 0 Å². The molecule has 116 valence electrons. The molecule has 0 amide bonds. The molecule has 2 aliphatic carbocycles. The molecule has 0 atom stereocenters. The van der Waals surface area contributed by atoms with Crippen LogP contribution in [0.25, 0.3) is 6.08 Å². The molecule has 0 bridgehead atoms. The second-order valence-electron chi connectivity index (χ2n) is 6.57. The third-order valence-electron chi connectivity index (χ3n) is 5.42. The smallest absolute Gasteiger partial charge is 0.147 e. The summed E-state index contributed by atoms with van der Waals surface area (Å²) >= 11 is 0. The van der Waals surface area contributed by atoms with Crippen molar-refractivity contribution in [3.8, 4) is 6.07 Å². The highest BCUT2D eigenvalue weighted by molar-refractivity contribution is 5.62. The van der Waals surface area contributed by atoms with Crippen LogP contribution in [0, 0.1) is 34.8 Å². The number of hydrogen-bond acceptors (Lipinski definition) is 1. The van der Waals surface area contributed by atoms with Crippen molar-refractivity contribution in [3.63, 3.8) is 0 Å². The zero-order valence-corrected chi connectivity index (χ0v) is 13.0. The fraction of sp³-hybridized carbons (Fsp3) is 0.526. The molecule has 1 aromatic rings. The lowest BCUT2D eigenvalue weighted by Crippen LogP contribution is -2.18. The molecule has 22 heavy (non-hydrogen) atoms. The van der Waals surface area contributed by atoms with Gasteiger partial charge in [0.1, 0.15) is 23.3 Å². The van der Waals surface area contributed by atoms with Gasteiger partial charge in [-0.1, -0.05) is 25.0 Å². The summed E-state index contributed by atoms with van der Waals surface area (Å²) in [4.78, 5) is 0. The lowest BCUT2D eigenvalue weighted by molar-refractivity contribution is 0.292. The molecule has 0 spiro atoms. The lowest BCUT2D eigenvalue weighted by atomic mass is 9.74. The van der Waals surface area contributed by atoms with Gasteiger partial charge in [0.15, 0.2) is 0 Å². The van der Waals surface area contributed by atoms with E-state index in [1.165, 1.54) is 43.7 Å². The average molecular weight is 301 g/mol. The van der Waals surface area contributed by atoms with Gasteiger partial charge in [0.2, 0.25) is 0 Å². The van der Waals surface area contributed by atoms with Gasteiger partial charge in [-0.05, 0) is 67.6 Å². The van der Waals surface area contributed by atoms with Crippen molar-refractivity contribution < 1.29 is 8.78 Å². The van der Waals surface area contributed by atoms with Crippen molar-refractivity contribution in [3.05, 3.63) is 40.0 Å². The van der Waals surface area contributed by atoms with E-state index in [1.54, 1.807) is 6.07 Å². The minimum Gasteiger partial charge on any atom is -0.205 e. The van der Waals surface area contributed by atoms with E-state index >= 15 is 0 Å². The van der Waals surface area contributed by atoms with Crippen LogP contribution >= 0.6 is 0 Å². The van der Waals surface area contributed by atoms with Crippen LogP contribution in [0.15, 0.2) is 11.6 Å². The first-order valence-corrected chi connectivity index (χ1v) is 8.25. The summed E-state index contributed by atoms with van der Waals surface area (Å²) in [5.41, 5.74) is 2.03. The number of allylic oxidation sites excluding steroid dienone is 1. The van der Waals surface area contributed by atoms with Gasteiger partial charge in [-0.2, -0.15) is 5.26 Å². The zero-order chi connectivity index (χ0) is 15.7. The van der Waals surface area contributed by atoms with Crippen LogP contribution in [-0.2, 0) is 6.42 Å². The summed E-state index contributed by atoms with van der Waals surface area (Å²) < 4.78 is 28.0. The Hall–Kier alpha value is -1.69. The number of fused-ring (bicyclic) bond motifs is 1. The molecule has 0 radical (unpaired) electrons. The second kappa shape index (κ2) is 6.20. The summed E-state index contributed by atoms with van der Waals surface area (Å²) in [7, 11) is 0. The first kappa shape index (κ1) is 15.2. The number of halogens is 2. The van der Waals surface area contributed by atoms with E-state index in [-0.39, 0.29) is 0 Å². The molecule has 1 fully saturated rings. The summed E-state index contributed by atoms with van der Waals surface area (Å²) in [6.45, 7) is 2.25. The second-order valence-corrected chi connectivity index (χ2v) is 6.57. The third-order valence-corrected chi connectivity index (χ3v) is 5.42. The Balaban J connectivity index is 1.87. The Morgan fingerprint density at radius 2 is 1.91 bits per heavy atom. The van der Waals surface area contributed by atoms with Crippen molar-refractivity contribution in [2.24, 2.45) is 11.8 Å². The predicted octanol–water partition coefficient (Wildman–Crippen LogP) is 5.38. The maximum absolute atomic E-state index is 14.2. The Morgan fingerprint density at radius 1 is 1.18 bits per heavy atom. The van der Waals surface area contributed by atoms with Gasteiger partial charge in [-0.25, -0.2) is 8.78 Å². The molecule has 3 heteroatoms. The van der Waals surface area contributed by atoms with Gasteiger partial charge < -0.3 is 0 Å². The van der Waals surface area contributed by atoms with Gasteiger partial charge in [0, 0.05) is 0 Å². The highest BCUT2D eigenvalue weighted by Crippen LogP contribution is 2.39. The van der Waals surface area contributed by atoms with E-state index in [9.17, 15) is 8.78 Å². The molecule has 0 saturated heterocycles. The Bertz CT molecular complexity index is 646. The molecule has 3 rings (SSSR count). The number of nitriles is 1. The van der Waals surface area contributed by atoms with Crippen LogP contribution in [0.2, 0.25) is 0 Å². The minimum absolute atomic E-state index is 0.445. The maximum atomic E-state index is 14.2. The highest BCUT2D eigenvalue weighted by Gasteiger charge is 2.26. The summed E-state index contributed by atoms with van der Waals surface area (Å²) in [6.07, 6.45) is 9.56. The number of nitrogens with zero attached hydrogens (tertiary/aromatic N) is 1. The molecule has 1 saturated carbocycles. The summed E-state index contributed by atoms with van der Waals surface area (Å²) in [5.74, 6) is 0.00644. The molecule has 0 heterocycles. The number of hydrogen-bond donors (Lipinski definition) is 0. The average Bonchev–Trinajstić information content (AvgIpc) is 2.55. The molecular weight excluding hydrogens is 280 g/mol. The molecule has 0 unspecified atom stereocenters. The van der Waals surface area contributed by atoms with E-state index in [2.05, 4.69) is 6.92 Å². The molecule has 0 aromatic heterocycles. The van der Waals surface area contributed by atoms with Crippen molar-refractivity contribution >= 4 is 6.08 Å². The normalized spacial score (nSPS) is 24.4. The van der Waals surface area contributed by atoms with E-state index in [4.69, 9.17) is 5.26 Å². The first-order chi connectivity index (χ1) is 10.6. The largest absolute Gasteiger partial charge is 0.205 e. The molecule has 0 N–H and O–H groups in total. The van der Waals surface area contributed by atoms with E-state index in [0.717, 1.165) is 12.3 Å². The minimum atomic E-state index is -0.744. The Kier molecular flexibility index (Phi) is 4.29. The summed E-state index contributed by atoms with van der Waals surface area (Å²) in [6, 6.07) is 2.96. The number of benzene rings is 1. The molecule has 1 aromatic carbocycles. The molecule has 2 aliphatic rings. The van der Waals surface area contributed by atoms with Crippen LogP contribution in [0.4, 0.5) is 8.78 Å². The van der Waals surface area contributed by atoms with Crippen LogP contribution in [0.3, 0.4) is 0 Å². The fourth-order valence-corrected chi connectivity index (χ4v) is 3.97. The van der Waals surface area contributed by atoms with Crippen molar-refractivity contribution in [1.29, 1.82) is 5.26 Å². The zero-order valence-electron chi connectivity index (χ0n) is 13.0. The van der Waals surface area contributed by atoms with Gasteiger partial charge in [-0.3, -0.25) is 0 Å². The van der Waals surface area contributed by atoms with Crippen LogP contribution < -0.4 is 0 Å². The highest BCUT2D eigenvalue weighted by atomic mass is 19.1. The molecule has 0 aliphatic heterocycles. The van der Waals surface area contributed by atoms with E-state index in [1.807, 2.05) is 6.08 Å². The van der Waals surface area contributed by atoms with E-state index < -0.39 is 17.2 Å². The first-order valence-electron chi connectivity index (χ1n) is 8.25. The standard InChI is InChI=1S/C19H21F2N/c1-2-12-3-5-13(6-4-12)14-7-8-16-15(9-14)10-18(20)17(11-22)19(16)21/h9-10,12-13H,2-8H2,1H3. The van der Waals surface area contributed by atoms with Crippen LogP contribution in [0.5, 0.6) is 0 Å². The Labute approximate surface area is 130 Å². The van der Waals surface area contributed by atoms with Gasteiger partial charge in [-0.15, -0.1) is 0 Å². The monoisotopic (exact) mass is 301 g/mol. The third kappa shape index (κ3) is 2.67. The van der Waals surface area contributed by atoms with Gasteiger partial charge >= 0.3 is 0 Å². The van der Waals surface area contributed by atoms with Crippen molar-refractivity contribution in [2.45, 2.75) is 51.9 Å². The van der Waals surface area contributed by atoms with Crippen molar-refractivity contribution in [1.82, 2.24) is 0 Å².